The molecule has 1 heterocycles. The van der Waals surface area contributed by atoms with Crippen molar-refractivity contribution < 1.29 is 19.4 Å². The molecule has 1 saturated heterocycles. The minimum atomic E-state index is -1.03. The summed E-state index contributed by atoms with van der Waals surface area (Å²) in [5, 5.41) is 10.8. The number of carbonyl (C=O) groups is 2. The molecule has 3 rings (SSSR count). The predicted octanol–water partition coefficient (Wildman–Crippen LogP) is 1.72. The lowest BCUT2D eigenvalue weighted by Gasteiger charge is -2.32. The van der Waals surface area contributed by atoms with Gasteiger partial charge in [0, 0.05) is 25.0 Å². The highest BCUT2D eigenvalue weighted by molar-refractivity contribution is 5.78. The molecule has 0 N–H and O–H groups in total. The summed E-state index contributed by atoms with van der Waals surface area (Å²) >= 11 is 0. The Morgan fingerprint density at radius 2 is 1.56 bits per heavy atom. The van der Waals surface area contributed by atoms with Crippen LogP contribution in [0.5, 0.6) is 5.75 Å². The van der Waals surface area contributed by atoms with Crippen LogP contribution in [0.1, 0.15) is 12.8 Å². The van der Waals surface area contributed by atoms with Gasteiger partial charge >= 0.3 is 0 Å². The van der Waals surface area contributed by atoms with Crippen molar-refractivity contribution in [1.29, 1.82) is 0 Å². The molecule has 5 heteroatoms. The van der Waals surface area contributed by atoms with Gasteiger partial charge in [-0.25, -0.2) is 0 Å². The third-order valence-electron chi connectivity index (χ3n) is 4.50. The Hall–Kier alpha value is -2.82. The number of carbonyl (C=O) groups excluding carboxylic acids is 2. The third kappa shape index (κ3) is 4.38. The molecule has 0 bridgehead atoms. The average Bonchev–Trinajstić information content (AvgIpc) is 2.67. The monoisotopic (exact) mass is 338 g/mol. The standard InChI is InChI=1S/C20H21NO4/c22-19(21-12-10-17(11-13-21)20(23)24)14-25-18-8-6-16(7-9-18)15-4-2-1-3-5-15/h1-9,17H,10-14H2,(H,23,24)/p-1. The van der Waals surface area contributed by atoms with Gasteiger partial charge in [0.25, 0.3) is 5.91 Å². The summed E-state index contributed by atoms with van der Waals surface area (Å²) in [4.78, 5) is 24.7. The number of benzene rings is 2. The summed E-state index contributed by atoms with van der Waals surface area (Å²) in [7, 11) is 0. The van der Waals surface area contributed by atoms with Gasteiger partial charge in [-0.2, -0.15) is 0 Å². The molecule has 0 radical (unpaired) electrons. The topological polar surface area (TPSA) is 69.7 Å². The maximum Gasteiger partial charge on any atom is 0.260 e. The number of amides is 1. The maximum absolute atomic E-state index is 12.2. The fraction of sp³-hybridized carbons (Fsp3) is 0.300. The van der Waals surface area contributed by atoms with Crippen molar-refractivity contribution >= 4 is 11.9 Å². The van der Waals surface area contributed by atoms with Crippen LogP contribution in [0.3, 0.4) is 0 Å². The summed E-state index contributed by atoms with van der Waals surface area (Å²) in [5.41, 5.74) is 2.21. The number of aliphatic carboxylic acids is 1. The molecule has 1 aliphatic rings. The van der Waals surface area contributed by atoms with Crippen LogP contribution in [-0.2, 0) is 9.59 Å². The Morgan fingerprint density at radius 3 is 2.16 bits per heavy atom. The van der Waals surface area contributed by atoms with Crippen LogP contribution >= 0.6 is 0 Å². The van der Waals surface area contributed by atoms with Gasteiger partial charge < -0.3 is 19.5 Å². The maximum atomic E-state index is 12.2. The number of carboxylic acid groups (broad SMARTS) is 1. The van der Waals surface area contributed by atoms with Crippen molar-refractivity contribution in [3.8, 4) is 16.9 Å². The average molecular weight is 338 g/mol. The zero-order valence-electron chi connectivity index (χ0n) is 13.9. The SMILES string of the molecule is O=C([O-])C1CCN(C(=O)COc2ccc(-c3ccccc3)cc2)CC1. The number of ether oxygens (including phenoxy) is 1. The molecule has 0 aliphatic carbocycles. The van der Waals surface area contributed by atoms with Gasteiger partial charge in [-0.1, -0.05) is 42.5 Å². The Labute approximate surface area is 146 Å². The second kappa shape index (κ2) is 7.83. The number of piperidine rings is 1. The van der Waals surface area contributed by atoms with E-state index >= 15 is 0 Å². The minimum Gasteiger partial charge on any atom is -0.550 e. The van der Waals surface area contributed by atoms with Gasteiger partial charge in [0.1, 0.15) is 5.75 Å². The van der Waals surface area contributed by atoms with Gasteiger partial charge in [0.05, 0.1) is 0 Å². The molecule has 25 heavy (non-hydrogen) atoms. The summed E-state index contributed by atoms with van der Waals surface area (Å²) in [6.45, 7) is 0.836. The summed E-state index contributed by atoms with van der Waals surface area (Å²) in [6.07, 6.45) is 0.889. The lowest BCUT2D eigenvalue weighted by molar-refractivity contribution is -0.312. The molecule has 0 aromatic heterocycles. The Morgan fingerprint density at radius 1 is 0.960 bits per heavy atom. The van der Waals surface area contributed by atoms with Crippen molar-refractivity contribution in [3.63, 3.8) is 0 Å². The highest BCUT2D eigenvalue weighted by Crippen LogP contribution is 2.22. The molecule has 2 aromatic rings. The van der Waals surface area contributed by atoms with Crippen molar-refractivity contribution in [2.45, 2.75) is 12.8 Å². The van der Waals surface area contributed by atoms with E-state index < -0.39 is 11.9 Å². The van der Waals surface area contributed by atoms with Gasteiger partial charge in [0.15, 0.2) is 6.61 Å². The molecule has 1 aliphatic heterocycles. The van der Waals surface area contributed by atoms with Crippen molar-refractivity contribution in [2.75, 3.05) is 19.7 Å². The van der Waals surface area contributed by atoms with Crippen molar-refractivity contribution in [3.05, 3.63) is 54.6 Å². The largest absolute Gasteiger partial charge is 0.550 e. The Bertz CT molecular complexity index is 719. The first-order valence-corrected chi connectivity index (χ1v) is 8.40. The van der Waals surface area contributed by atoms with E-state index in [1.807, 2.05) is 54.6 Å². The van der Waals surface area contributed by atoms with E-state index in [0.29, 0.717) is 31.7 Å². The van der Waals surface area contributed by atoms with Crippen LogP contribution in [0.25, 0.3) is 11.1 Å². The second-order valence-corrected chi connectivity index (χ2v) is 6.15. The molecule has 1 amide bonds. The third-order valence-corrected chi connectivity index (χ3v) is 4.50. The lowest BCUT2D eigenvalue weighted by Crippen LogP contribution is -2.45. The number of carboxylic acids is 1. The quantitative estimate of drug-likeness (QED) is 0.832. The first-order chi connectivity index (χ1) is 12.1. The minimum absolute atomic E-state index is 0.0410. The van der Waals surface area contributed by atoms with Crippen LogP contribution in [0.15, 0.2) is 54.6 Å². The van der Waals surface area contributed by atoms with E-state index in [2.05, 4.69) is 0 Å². The van der Waals surface area contributed by atoms with E-state index in [0.717, 1.165) is 11.1 Å². The molecule has 0 saturated carbocycles. The predicted molar refractivity (Wildman–Crippen MR) is 91.7 cm³/mol. The van der Waals surface area contributed by atoms with Crippen LogP contribution < -0.4 is 9.84 Å². The van der Waals surface area contributed by atoms with E-state index in [1.54, 1.807) is 4.90 Å². The smallest absolute Gasteiger partial charge is 0.260 e. The van der Waals surface area contributed by atoms with Crippen LogP contribution in [0, 0.1) is 5.92 Å². The number of hydrogen-bond donors (Lipinski definition) is 0. The van der Waals surface area contributed by atoms with Crippen LogP contribution in [0.2, 0.25) is 0 Å². The van der Waals surface area contributed by atoms with E-state index in [1.165, 1.54) is 0 Å². The fourth-order valence-electron chi connectivity index (χ4n) is 2.98. The van der Waals surface area contributed by atoms with Crippen molar-refractivity contribution in [1.82, 2.24) is 4.90 Å². The van der Waals surface area contributed by atoms with E-state index in [9.17, 15) is 14.7 Å². The first-order valence-electron chi connectivity index (χ1n) is 8.40. The van der Waals surface area contributed by atoms with Crippen molar-refractivity contribution in [2.24, 2.45) is 5.92 Å². The molecule has 0 unspecified atom stereocenters. The van der Waals surface area contributed by atoms with Gasteiger partial charge in [-0.05, 0) is 36.1 Å². The molecule has 130 valence electrons. The molecular weight excluding hydrogens is 318 g/mol. The zero-order valence-corrected chi connectivity index (χ0v) is 13.9. The van der Waals surface area contributed by atoms with E-state index in [4.69, 9.17) is 4.74 Å². The molecular formula is C20H20NO4-. The van der Waals surface area contributed by atoms with Crippen LogP contribution in [-0.4, -0.2) is 36.5 Å². The highest BCUT2D eigenvalue weighted by Gasteiger charge is 2.23. The van der Waals surface area contributed by atoms with Gasteiger partial charge in [-0.15, -0.1) is 0 Å². The molecule has 0 spiro atoms. The molecule has 2 aromatic carbocycles. The number of likely N-dealkylation sites (tertiary alicyclic amines) is 1. The summed E-state index contributed by atoms with van der Waals surface area (Å²) in [5.74, 6) is -0.959. The molecule has 5 nitrogen and oxygen atoms in total. The van der Waals surface area contributed by atoms with Gasteiger partial charge in [0.2, 0.25) is 0 Å². The Kier molecular flexibility index (Phi) is 5.33. The Balaban J connectivity index is 1.50. The summed E-state index contributed by atoms with van der Waals surface area (Å²) in [6, 6.07) is 17.6. The van der Waals surface area contributed by atoms with Gasteiger partial charge in [-0.3, -0.25) is 4.79 Å². The van der Waals surface area contributed by atoms with Crippen LogP contribution in [0.4, 0.5) is 0 Å². The number of hydrogen-bond acceptors (Lipinski definition) is 4. The highest BCUT2D eigenvalue weighted by atomic mass is 16.5. The first kappa shape index (κ1) is 17.0. The van der Waals surface area contributed by atoms with E-state index in [-0.39, 0.29) is 12.5 Å². The molecule has 1 fully saturated rings. The second-order valence-electron chi connectivity index (χ2n) is 6.15. The number of rotatable bonds is 5. The summed E-state index contributed by atoms with van der Waals surface area (Å²) < 4.78 is 5.57. The number of nitrogens with zero attached hydrogens (tertiary/aromatic N) is 1. The zero-order chi connectivity index (χ0) is 17.6. The lowest BCUT2D eigenvalue weighted by atomic mass is 9.97. The molecule has 0 atom stereocenters. The fourth-order valence-corrected chi connectivity index (χ4v) is 2.98. The normalized spacial score (nSPS) is 15.0.